The Balaban J connectivity index is 2.22. The van der Waals surface area contributed by atoms with E-state index in [0.29, 0.717) is 25.8 Å². The first-order valence-electron chi connectivity index (χ1n) is 10.5. The quantitative estimate of drug-likeness (QED) is 0.542. The van der Waals surface area contributed by atoms with Gasteiger partial charge in [0.15, 0.2) is 0 Å². The van der Waals surface area contributed by atoms with Crippen molar-refractivity contribution in [3.63, 3.8) is 0 Å². The fourth-order valence-electron chi connectivity index (χ4n) is 3.97. The minimum absolute atomic E-state index is 0.149. The minimum Gasteiger partial charge on any atom is -0.458 e. The SMILES string of the molecule is CCCCC[C@@]1(C(=O)OC(C)(C)C)CCCN1C(=O)[C@H](N)Cc1ccccc1. The van der Waals surface area contributed by atoms with Gasteiger partial charge in [-0.15, -0.1) is 0 Å². The van der Waals surface area contributed by atoms with Gasteiger partial charge >= 0.3 is 5.97 Å². The first kappa shape index (κ1) is 22.4. The second-order valence-electron chi connectivity index (χ2n) is 8.88. The Hall–Kier alpha value is -1.88. The number of amides is 1. The third-order valence-corrected chi connectivity index (χ3v) is 5.34. The number of hydrogen-bond donors (Lipinski definition) is 1. The normalized spacial score (nSPS) is 20.8. The van der Waals surface area contributed by atoms with Crippen LogP contribution in [0.1, 0.15) is 71.8 Å². The summed E-state index contributed by atoms with van der Waals surface area (Å²) in [5, 5.41) is 0. The van der Waals surface area contributed by atoms with E-state index < -0.39 is 17.2 Å². The molecule has 1 amide bonds. The highest BCUT2D eigenvalue weighted by Crippen LogP contribution is 2.37. The van der Waals surface area contributed by atoms with Crippen molar-refractivity contribution >= 4 is 11.9 Å². The Morgan fingerprint density at radius 2 is 1.89 bits per heavy atom. The van der Waals surface area contributed by atoms with E-state index in [-0.39, 0.29) is 11.9 Å². The van der Waals surface area contributed by atoms with Gasteiger partial charge in [0.1, 0.15) is 11.1 Å². The summed E-state index contributed by atoms with van der Waals surface area (Å²) in [5.74, 6) is -0.433. The van der Waals surface area contributed by atoms with Crippen LogP contribution in [0.2, 0.25) is 0 Å². The monoisotopic (exact) mass is 388 g/mol. The Morgan fingerprint density at radius 3 is 2.50 bits per heavy atom. The van der Waals surface area contributed by atoms with Gasteiger partial charge in [0, 0.05) is 6.54 Å². The predicted octanol–water partition coefficient (Wildman–Crippen LogP) is 3.84. The Morgan fingerprint density at radius 1 is 1.21 bits per heavy atom. The molecule has 0 aliphatic carbocycles. The summed E-state index contributed by atoms with van der Waals surface area (Å²) in [5.41, 5.74) is 5.85. The van der Waals surface area contributed by atoms with E-state index in [9.17, 15) is 9.59 Å². The second kappa shape index (κ2) is 9.55. The standard InChI is InChI=1S/C23H36N2O3/c1-5-6-10-14-23(21(27)28-22(2,3)4)15-11-16-25(23)20(26)19(24)17-18-12-8-7-9-13-18/h7-9,12-13,19H,5-6,10-11,14-17,24H2,1-4H3/t19-,23+/m1/s1. The molecule has 1 fully saturated rings. The summed E-state index contributed by atoms with van der Waals surface area (Å²) in [6, 6.07) is 9.11. The summed E-state index contributed by atoms with van der Waals surface area (Å²) < 4.78 is 5.76. The number of ether oxygens (including phenoxy) is 1. The lowest BCUT2D eigenvalue weighted by Crippen LogP contribution is -2.58. The Kier molecular flexibility index (Phi) is 7.64. The maximum Gasteiger partial charge on any atom is 0.332 e. The molecule has 5 nitrogen and oxygen atoms in total. The van der Waals surface area contributed by atoms with Crippen LogP contribution in [-0.4, -0.2) is 40.5 Å². The predicted molar refractivity (Wildman–Crippen MR) is 112 cm³/mol. The summed E-state index contributed by atoms with van der Waals surface area (Å²) in [7, 11) is 0. The molecular weight excluding hydrogens is 352 g/mol. The number of nitrogens with zero attached hydrogens (tertiary/aromatic N) is 1. The van der Waals surface area contributed by atoms with Crippen LogP contribution in [0.3, 0.4) is 0 Å². The van der Waals surface area contributed by atoms with Crippen molar-refractivity contribution in [1.82, 2.24) is 4.90 Å². The zero-order chi connectivity index (χ0) is 20.8. The van der Waals surface area contributed by atoms with Gasteiger partial charge in [-0.05, 0) is 52.0 Å². The minimum atomic E-state index is -0.881. The number of rotatable bonds is 8. The lowest BCUT2D eigenvalue weighted by molar-refractivity contribution is -0.172. The van der Waals surface area contributed by atoms with Crippen LogP contribution in [0, 0.1) is 0 Å². The zero-order valence-corrected chi connectivity index (χ0v) is 17.9. The first-order valence-corrected chi connectivity index (χ1v) is 10.5. The van der Waals surface area contributed by atoms with Crippen LogP contribution in [0.4, 0.5) is 0 Å². The average molecular weight is 389 g/mol. The molecule has 1 aliphatic rings. The number of nitrogens with two attached hydrogens (primary N) is 1. The third-order valence-electron chi connectivity index (χ3n) is 5.34. The number of esters is 1. The van der Waals surface area contributed by atoms with Crippen molar-refractivity contribution < 1.29 is 14.3 Å². The molecular formula is C23H36N2O3. The smallest absolute Gasteiger partial charge is 0.332 e. The molecule has 2 atom stereocenters. The van der Waals surface area contributed by atoms with Gasteiger partial charge in [0.2, 0.25) is 5.91 Å². The highest BCUT2D eigenvalue weighted by molar-refractivity contribution is 5.91. The van der Waals surface area contributed by atoms with E-state index in [1.165, 1.54) is 0 Å². The number of benzene rings is 1. The van der Waals surface area contributed by atoms with Crippen LogP contribution < -0.4 is 5.73 Å². The number of hydrogen-bond acceptors (Lipinski definition) is 4. The molecule has 1 aromatic carbocycles. The van der Waals surface area contributed by atoms with Gasteiger partial charge in [-0.2, -0.15) is 0 Å². The summed E-state index contributed by atoms with van der Waals surface area (Å²) in [6.07, 6.45) is 5.54. The topological polar surface area (TPSA) is 72.6 Å². The molecule has 0 aromatic heterocycles. The summed E-state index contributed by atoms with van der Waals surface area (Å²) in [4.78, 5) is 28.2. The fourth-order valence-corrected chi connectivity index (χ4v) is 3.97. The largest absolute Gasteiger partial charge is 0.458 e. The van der Waals surface area contributed by atoms with Crippen molar-refractivity contribution in [3.8, 4) is 0 Å². The van der Waals surface area contributed by atoms with Gasteiger partial charge in [-0.3, -0.25) is 4.79 Å². The maximum atomic E-state index is 13.3. The molecule has 2 rings (SSSR count). The van der Waals surface area contributed by atoms with E-state index in [1.807, 2.05) is 51.1 Å². The van der Waals surface area contributed by atoms with E-state index in [0.717, 1.165) is 31.2 Å². The molecule has 1 saturated heterocycles. The summed E-state index contributed by atoms with van der Waals surface area (Å²) in [6.45, 7) is 8.30. The average Bonchev–Trinajstić information content (AvgIpc) is 3.06. The van der Waals surface area contributed by atoms with E-state index in [4.69, 9.17) is 10.5 Å². The Labute approximate surface area is 169 Å². The zero-order valence-electron chi connectivity index (χ0n) is 17.9. The van der Waals surface area contributed by atoms with Crippen molar-refractivity contribution in [1.29, 1.82) is 0 Å². The van der Waals surface area contributed by atoms with Crippen LogP contribution in [0.15, 0.2) is 30.3 Å². The van der Waals surface area contributed by atoms with E-state index in [2.05, 4.69) is 6.92 Å². The van der Waals surface area contributed by atoms with E-state index >= 15 is 0 Å². The van der Waals surface area contributed by atoms with Crippen molar-refractivity contribution in [3.05, 3.63) is 35.9 Å². The molecule has 0 saturated carbocycles. The molecule has 0 spiro atoms. The Bertz CT molecular complexity index is 654. The second-order valence-corrected chi connectivity index (χ2v) is 8.88. The highest BCUT2D eigenvalue weighted by Gasteiger charge is 2.51. The van der Waals surface area contributed by atoms with Gasteiger partial charge in [0.25, 0.3) is 0 Å². The third kappa shape index (κ3) is 5.57. The molecule has 5 heteroatoms. The maximum absolute atomic E-state index is 13.3. The molecule has 1 aromatic rings. The van der Waals surface area contributed by atoms with Gasteiger partial charge < -0.3 is 15.4 Å². The lowest BCUT2D eigenvalue weighted by atomic mass is 9.88. The van der Waals surface area contributed by atoms with Crippen molar-refractivity contribution in [2.75, 3.05) is 6.54 Å². The number of unbranched alkanes of at least 4 members (excludes halogenated alkanes) is 2. The molecule has 156 valence electrons. The molecule has 1 aliphatic heterocycles. The highest BCUT2D eigenvalue weighted by atomic mass is 16.6. The van der Waals surface area contributed by atoms with Gasteiger partial charge in [-0.1, -0.05) is 56.5 Å². The van der Waals surface area contributed by atoms with Crippen LogP contribution in [0.25, 0.3) is 0 Å². The lowest BCUT2D eigenvalue weighted by Gasteiger charge is -2.39. The number of carbonyl (C=O) groups is 2. The summed E-state index contributed by atoms with van der Waals surface area (Å²) >= 11 is 0. The molecule has 1 heterocycles. The number of likely N-dealkylation sites (tertiary alicyclic amines) is 1. The molecule has 0 bridgehead atoms. The fraction of sp³-hybridized carbons (Fsp3) is 0.652. The van der Waals surface area contributed by atoms with Crippen LogP contribution in [0.5, 0.6) is 0 Å². The van der Waals surface area contributed by atoms with Gasteiger partial charge in [0.05, 0.1) is 6.04 Å². The van der Waals surface area contributed by atoms with Crippen LogP contribution in [-0.2, 0) is 20.7 Å². The number of carbonyl (C=O) groups excluding carboxylic acids is 2. The first-order chi connectivity index (χ1) is 13.2. The molecule has 2 N–H and O–H groups in total. The van der Waals surface area contributed by atoms with Crippen molar-refractivity contribution in [2.45, 2.75) is 89.8 Å². The molecule has 0 radical (unpaired) electrons. The van der Waals surface area contributed by atoms with Crippen molar-refractivity contribution in [2.24, 2.45) is 5.73 Å². The molecule has 28 heavy (non-hydrogen) atoms. The molecule has 0 unspecified atom stereocenters. The van der Waals surface area contributed by atoms with Crippen LogP contribution >= 0.6 is 0 Å². The van der Waals surface area contributed by atoms with E-state index in [1.54, 1.807) is 4.90 Å². The van der Waals surface area contributed by atoms with Gasteiger partial charge in [-0.25, -0.2) is 4.79 Å².